The topological polar surface area (TPSA) is 91.0 Å². The molecule has 0 bridgehead atoms. The van der Waals surface area contributed by atoms with Gasteiger partial charge >= 0.3 is 6.03 Å². The Morgan fingerprint density at radius 3 is 2.26 bits per heavy atom. The number of anilines is 1. The number of carbonyl (C=O) groups excluding carboxylic acids is 3. The molecule has 0 radical (unpaired) electrons. The third kappa shape index (κ3) is 8.04. The van der Waals surface area contributed by atoms with E-state index in [1.54, 1.807) is 12.1 Å². The molecule has 1 unspecified atom stereocenters. The van der Waals surface area contributed by atoms with Crippen LogP contribution in [-0.4, -0.2) is 59.9 Å². The molecule has 4 amide bonds. The van der Waals surface area contributed by atoms with Crippen LogP contribution in [0.15, 0.2) is 66.7 Å². The van der Waals surface area contributed by atoms with Crippen LogP contribution >= 0.6 is 23.2 Å². The zero-order chi connectivity index (χ0) is 34.1. The summed E-state index contributed by atoms with van der Waals surface area (Å²) in [6, 6.07) is 20.3. The largest absolute Gasteiger partial charge is 0.490 e. The predicted octanol–water partition coefficient (Wildman–Crippen LogP) is 8.16. The van der Waals surface area contributed by atoms with Gasteiger partial charge in [-0.05, 0) is 63.1 Å². The van der Waals surface area contributed by atoms with Gasteiger partial charge in [-0.1, -0.05) is 79.0 Å². The van der Waals surface area contributed by atoms with Crippen LogP contribution < -0.4 is 15.4 Å². The average Bonchev–Trinajstić information content (AvgIpc) is 3.35. The van der Waals surface area contributed by atoms with Crippen LogP contribution in [0.25, 0.3) is 0 Å². The molecular weight excluding hydrogens is 635 g/mol. The summed E-state index contributed by atoms with van der Waals surface area (Å²) in [5, 5.41) is 7.48. The summed E-state index contributed by atoms with van der Waals surface area (Å²) in [6.45, 7) is 12.6. The summed E-state index contributed by atoms with van der Waals surface area (Å²) in [5.74, 6) is 0.424. The molecule has 47 heavy (non-hydrogen) atoms. The van der Waals surface area contributed by atoms with Gasteiger partial charge in [-0.3, -0.25) is 9.59 Å². The quantitative estimate of drug-likeness (QED) is 0.284. The van der Waals surface area contributed by atoms with Gasteiger partial charge in [0.05, 0.1) is 6.04 Å². The Morgan fingerprint density at radius 2 is 1.64 bits per heavy atom. The van der Waals surface area contributed by atoms with Crippen molar-refractivity contribution in [2.75, 3.05) is 31.5 Å². The third-order valence-electron chi connectivity index (χ3n) is 8.91. The number of piperidine rings is 2. The predicted molar refractivity (Wildman–Crippen MR) is 189 cm³/mol. The number of amides is 4. The molecule has 3 aromatic carbocycles. The molecular formula is C37H46Cl2N4O4. The lowest BCUT2D eigenvalue weighted by Crippen LogP contribution is -2.52. The fourth-order valence-corrected chi connectivity index (χ4v) is 6.83. The van der Waals surface area contributed by atoms with Crippen molar-refractivity contribution in [3.63, 3.8) is 0 Å². The van der Waals surface area contributed by atoms with Crippen LogP contribution in [0.1, 0.15) is 76.1 Å². The van der Waals surface area contributed by atoms with E-state index in [9.17, 15) is 14.4 Å². The number of nitrogens with one attached hydrogen (secondary N) is 2. The van der Waals surface area contributed by atoms with Crippen molar-refractivity contribution < 1.29 is 19.1 Å². The molecule has 2 N–H and O–H groups in total. The number of ether oxygens (including phenoxy) is 1. The lowest BCUT2D eigenvalue weighted by molar-refractivity contribution is -0.130. The molecule has 8 nitrogen and oxygen atoms in total. The number of likely N-dealkylation sites (tertiary alicyclic amines) is 1. The molecule has 2 saturated heterocycles. The summed E-state index contributed by atoms with van der Waals surface area (Å²) >= 11 is 11.8. The van der Waals surface area contributed by atoms with E-state index in [1.807, 2.05) is 99.0 Å². The molecule has 2 fully saturated rings. The summed E-state index contributed by atoms with van der Waals surface area (Å²) in [5.41, 5.74) is 2.37. The lowest BCUT2D eigenvalue weighted by Gasteiger charge is -2.41. The molecule has 0 aliphatic carbocycles. The zero-order valence-corrected chi connectivity index (χ0v) is 29.5. The van der Waals surface area contributed by atoms with Gasteiger partial charge in [0.25, 0.3) is 0 Å². The molecule has 3 aliphatic heterocycles. The molecule has 2 atom stereocenters. The van der Waals surface area contributed by atoms with Gasteiger partial charge in [-0.25, -0.2) is 4.79 Å². The molecule has 3 aromatic rings. The van der Waals surface area contributed by atoms with Gasteiger partial charge in [-0.15, -0.1) is 0 Å². The van der Waals surface area contributed by atoms with E-state index in [2.05, 4.69) is 10.6 Å². The van der Waals surface area contributed by atoms with Crippen LogP contribution in [0.2, 0.25) is 10.0 Å². The number of halogens is 2. The molecule has 0 aromatic heterocycles. The van der Waals surface area contributed by atoms with E-state index in [0.29, 0.717) is 61.9 Å². The molecule has 3 heterocycles. The monoisotopic (exact) mass is 680 g/mol. The van der Waals surface area contributed by atoms with Crippen LogP contribution in [0.4, 0.5) is 10.5 Å². The highest BCUT2D eigenvalue weighted by molar-refractivity contribution is 6.31. The zero-order valence-electron chi connectivity index (χ0n) is 27.9. The van der Waals surface area contributed by atoms with Crippen LogP contribution in [0, 0.1) is 6.92 Å². The fourth-order valence-electron chi connectivity index (χ4n) is 6.51. The summed E-state index contributed by atoms with van der Waals surface area (Å²) in [4.78, 5) is 42.8. The minimum absolute atomic E-state index is 0.0716. The third-order valence-corrected chi connectivity index (χ3v) is 9.40. The number of hydrogen-bond acceptors (Lipinski definition) is 4. The molecule has 252 valence electrons. The minimum atomic E-state index is -0.959. The smallest absolute Gasteiger partial charge is 0.319 e. The van der Waals surface area contributed by atoms with E-state index in [0.717, 1.165) is 21.7 Å². The van der Waals surface area contributed by atoms with Gasteiger partial charge in [0.1, 0.15) is 17.3 Å². The van der Waals surface area contributed by atoms with Crippen molar-refractivity contribution in [2.24, 2.45) is 0 Å². The van der Waals surface area contributed by atoms with Crippen molar-refractivity contribution in [1.29, 1.82) is 0 Å². The number of nitrogens with zero attached hydrogens (tertiary/aromatic N) is 2. The highest BCUT2D eigenvalue weighted by atomic mass is 35.5. The van der Waals surface area contributed by atoms with Gasteiger partial charge < -0.3 is 25.2 Å². The van der Waals surface area contributed by atoms with Gasteiger partial charge in [-0.2, -0.15) is 0 Å². The number of urea groups is 1. The van der Waals surface area contributed by atoms with E-state index in [4.69, 9.17) is 27.9 Å². The number of carbonyl (C=O) groups is 3. The molecule has 3 aliphatic rings. The lowest BCUT2D eigenvalue weighted by atomic mass is 9.67. The van der Waals surface area contributed by atoms with Crippen LogP contribution in [0.5, 0.6) is 5.75 Å². The van der Waals surface area contributed by atoms with Crippen LogP contribution in [0.3, 0.4) is 0 Å². The maximum atomic E-state index is 13.6. The Balaban J connectivity index is 0.000000486. The number of fused-ring (bicyclic) bond motifs is 2. The normalized spacial score (nSPS) is 20.1. The second kappa shape index (κ2) is 16.4. The van der Waals surface area contributed by atoms with Crippen molar-refractivity contribution in [2.45, 2.75) is 77.9 Å². The average molecular weight is 682 g/mol. The maximum Gasteiger partial charge on any atom is 0.319 e. The Kier molecular flexibility index (Phi) is 12.6. The Hall–Kier alpha value is -3.75. The molecule has 10 heteroatoms. The van der Waals surface area contributed by atoms with Crippen molar-refractivity contribution >= 4 is 46.7 Å². The number of benzene rings is 3. The first kappa shape index (κ1) is 36.1. The minimum Gasteiger partial charge on any atom is -0.490 e. The van der Waals surface area contributed by atoms with Crippen molar-refractivity contribution in [3.8, 4) is 5.75 Å². The summed E-state index contributed by atoms with van der Waals surface area (Å²) in [7, 11) is 0. The van der Waals surface area contributed by atoms with Gasteiger partial charge in [0.15, 0.2) is 0 Å². The van der Waals surface area contributed by atoms with Crippen LogP contribution in [-0.2, 0) is 15.0 Å². The first-order valence-corrected chi connectivity index (χ1v) is 17.3. The highest BCUT2D eigenvalue weighted by Crippen LogP contribution is 2.53. The second-order valence-corrected chi connectivity index (χ2v) is 12.6. The summed E-state index contributed by atoms with van der Waals surface area (Å²) in [6.07, 6.45) is 2.00. The first-order valence-electron chi connectivity index (χ1n) is 16.6. The molecule has 6 rings (SSSR count). The Bertz CT molecular complexity index is 1540. The van der Waals surface area contributed by atoms with E-state index < -0.39 is 11.5 Å². The van der Waals surface area contributed by atoms with Crippen molar-refractivity contribution in [1.82, 2.24) is 15.1 Å². The second-order valence-electron chi connectivity index (χ2n) is 11.7. The van der Waals surface area contributed by atoms with E-state index in [-0.39, 0.29) is 30.4 Å². The molecule has 0 saturated carbocycles. The maximum absolute atomic E-state index is 13.6. The highest BCUT2D eigenvalue weighted by Gasteiger charge is 2.56. The SMILES string of the molecule is CC.CCN(CC)C(=O)N1CCC(Oc2ccc(C)cc2[C@H]2NC(=O)CCC23C(=O)Nc2cc(Cl)ccc23)CC1.Clc1ccccc1. The number of hydrogen-bond donors (Lipinski definition) is 2. The van der Waals surface area contributed by atoms with Gasteiger partial charge in [0, 0.05) is 66.7 Å². The van der Waals surface area contributed by atoms with E-state index in [1.165, 1.54) is 0 Å². The number of rotatable bonds is 5. The number of aryl methyl sites for hydroxylation is 1. The van der Waals surface area contributed by atoms with Crippen molar-refractivity contribution in [3.05, 3.63) is 93.5 Å². The standard InChI is InChI=1S/C29H35ClN4O4.C6H5Cl.C2H6/c1-4-33(5-2)28(37)34-14-11-20(12-15-34)38-24-9-6-18(3)16-21(24)26-29(13-10-25(35)32-26)22-8-7-19(30)17-23(22)31-27(29)36;7-6-4-2-1-3-5-6;1-2/h6-9,16-17,20,26H,4-5,10-15H2,1-3H3,(H,31,36)(H,32,35);1-5H;1-2H3/t26-,29?;;/m1../s1. The van der Waals surface area contributed by atoms with Gasteiger partial charge in [0.2, 0.25) is 11.8 Å². The Morgan fingerprint density at radius 1 is 0.957 bits per heavy atom. The molecule has 1 spiro atoms. The van der Waals surface area contributed by atoms with E-state index >= 15 is 0 Å². The fraction of sp³-hybridized carbons (Fsp3) is 0.432. The Labute approximate surface area is 288 Å². The first-order chi connectivity index (χ1) is 22.7. The summed E-state index contributed by atoms with van der Waals surface area (Å²) < 4.78 is 6.56.